The smallest absolute Gasteiger partial charge is 0.184 e. The molecule has 2 aliphatic rings. The average Bonchev–Trinajstić information content (AvgIpc) is 2.76. The van der Waals surface area contributed by atoms with Gasteiger partial charge in [-0.3, -0.25) is 9.59 Å². The fourth-order valence-corrected chi connectivity index (χ4v) is 1.01. The molecule has 1 saturated heterocycles. The van der Waals surface area contributed by atoms with Gasteiger partial charge in [0.15, 0.2) is 11.6 Å². The zero-order valence-electron chi connectivity index (χ0n) is 5.74. The third-order valence-corrected chi connectivity index (χ3v) is 1.66. The van der Waals surface area contributed by atoms with Crippen LogP contribution in [0, 0.1) is 0 Å². The number of hydrogen-bond donors (Lipinski definition) is 0. The van der Waals surface area contributed by atoms with Crippen molar-refractivity contribution in [3.05, 3.63) is 23.8 Å². The second kappa shape index (κ2) is 2.13. The number of ether oxygens (including phenoxy) is 1. The van der Waals surface area contributed by atoms with Crippen molar-refractivity contribution < 1.29 is 14.3 Å². The second-order valence-corrected chi connectivity index (χ2v) is 2.52. The maximum absolute atomic E-state index is 11.0. The third-order valence-electron chi connectivity index (χ3n) is 1.66. The van der Waals surface area contributed by atoms with Gasteiger partial charge in [0.1, 0.15) is 6.10 Å². The van der Waals surface area contributed by atoms with Crippen molar-refractivity contribution in [2.24, 2.45) is 0 Å². The van der Waals surface area contributed by atoms with Gasteiger partial charge in [-0.2, -0.15) is 0 Å². The maximum atomic E-state index is 11.0. The van der Waals surface area contributed by atoms with Crippen LogP contribution in [0.15, 0.2) is 23.8 Å². The van der Waals surface area contributed by atoms with Gasteiger partial charge in [-0.1, -0.05) is 0 Å². The number of hydrogen-bond acceptors (Lipinski definition) is 3. The lowest BCUT2D eigenvalue weighted by molar-refractivity contribution is -0.114. The molecule has 0 aromatic carbocycles. The van der Waals surface area contributed by atoms with E-state index in [2.05, 4.69) is 0 Å². The molecule has 11 heavy (non-hydrogen) atoms. The van der Waals surface area contributed by atoms with Gasteiger partial charge >= 0.3 is 0 Å². The highest BCUT2D eigenvalue weighted by molar-refractivity contribution is 6.17. The van der Waals surface area contributed by atoms with Gasteiger partial charge in [-0.25, -0.2) is 0 Å². The number of allylic oxidation sites excluding steroid dienone is 3. The Bertz CT molecular complexity index is 282. The molecule has 0 amide bonds. The summed E-state index contributed by atoms with van der Waals surface area (Å²) in [6, 6.07) is 0. The zero-order valence-corrected chi connectivity index (χ0v) is 5.74. The Hall–Kier alpha value is -1.22. The van der Waals surface area contributed by atoms with E-state index < -0.39 is 0 Å². The molecule has 1 unspecified atom stereocenters. The Morgan fingerprint density at radius 3 is 2.73 bits per heavy atom. The van der Waals surface area contributed by atoms with Crippen molar-refractivity contribution in [2.75, 3.05) is 6.61 Å². The standard InChI is InChI=1S/C8H6O3/c9-5-1-2-7(10)6(3-5)8-4-11-8/h1-3,8H,4H2. The van der Waals surface area contributed by atoms with Crippen LogP contribution in [0.1, 0.15) is 0 Å². The third kappa shape index (κ3) is 1.14. The van der Waals surface area contributed by atoms with E-state index in [1.165, 1.54) is 18.2 Å². The molecule has 0 radical (unpaired) electrons. The normalized spacial score (nSPS) is 28.7. The minimum atomic E-state index is -0.130. The molecule has 1 fully saturated rings. The summed E-state index contributed by atoms with van der Waals surface area (Å²) in [6.07, 6.45) is 3.80. The van der Waals surface area contributed by atoms with E-state index >= 15 is 0 Å². The molecule has 0 bridgehead atoms. The molecule has 0 aromatic heterocycles. The van der Waals surface area contributed by atoms with Crippen molar-refractivity contribution in [3.63, 3.8) is 0 Å². The number of epoxide rings is 1. The van der Waals surface area contributed by atoms with Crippen molar-refractivity contribution in [3.8, 4) is 0 Å². The summed E-state index contributed by atoms with van der Waals surface area (Å²) in [5.74, 6) is -0.234. The fraction of sp³-hybridized carbons (Fsp3) is 0.250. The Morgan fingerprint density at radius 2 is 2.09 bits per heavy atom. The summed E-state index contributed by atoms with van der Waals surface area (Å²) in [6.45, 7) is 0.568. The van der Waals surface area contributed by atoms with Crippen molar-refractivity contribution in [1.82, 2.24) is 0 Å². The van der Waals surface area contributed by atoms with E-state index in [0.717, 1.165) is 0 Å². The topological polar surface area (TPSA) is 46.7 Å². The highest BCUT2D eigenvalue weighted by Gasteiger charge is 2.32. The van der Waals surface area contributed by atoms with Crippen LogP contribution >= 0.6 is 0 Å². The van der Waals surface area contributed by atoms with Crippen LogP contribution in [0.25, 0.3) is 0 Å². The molecule has 56 valence electrons. The SMILES string of the molecule is O=C1C=CC(=O)C(C2CO2)=C1. The quantitative estimate of drug-likeness (QED) is 0.391. The molecule has 0 aromatic rings. The Morgan fingerprint density at radius 1 is 1.36 bits per heavy atom. The highest BCUT2D eigenvalue weighted by atomic mass is 16.6. The molecule has 1 aliphatic heterocycles. The molecule has 3 heteroatoms. The number of rotatable bonds is 1. The summed E-state index contributed by atoms with van der Waals surface area (Å²) < 4.78 is 4.89. The number of carbonyl (C=O) groups excluding carboxylic acids is 2. The fourth-order valence-electron chi connectivity index (χ4n) is 1.01. The van der Waals surface area contributed by atoms with E-state index in [9.17, 15) is 9.59 Å². The molecule has 1 heterocycles. The van der Waals surface area contributed by atoms with Crippen LogP contribution in [-0.4, -0.2) is 24.3 Å². The lowest BCUT2D eigenvalue weighted by Gasteiger charge is -2.01. The van der Waals surface area contributed by atoms with Crippen LogP contribution in [0.5, 0.6) is 0 Å². The molecule has 3 nitrogen and oxygen atoms in total. The Balaban J connectivity index is 2.28. The molecular weight excluding hydrogens is 144 g/mol. The van der Waals surface area contributed by atoms with E-state index in [1.807, 2.05) is 0 Å². The zero-order chi connectivity index (χ0) is 7.84. The largest absolute Gasteiger partial charge is 0.368 e. The van der Waals surface area contributed by atoms with Gasteiger partial charge in [0.25, 0.3) is 0 Å². The lowest BCUT2D eigenvalue weighted by atomic mass is 10.0. The first-order chi connectivity index (χ1) is 5.27. The summed E-state index contributed by atoms with van der Waals surface area (Å²) in [5, 5.41) is 0. The molecule has 0 spiro atoms. The first-order valence-electron chi connectivity index (χ1n) is 3.37. The molecule has 1 atom stereocenters. The predicted molar refractivity (Wildman–Crippen MR) is 37.0 cm³/mol. The van der Waals surface area contributed by atoms with E-state index in [4.69, 9.17) is 4.74 Å². The first-order valence-corrected chi connectivity index (χ1v) is 3.37. The average molecular weight is 150 g/mol. The number of carbonyl (C=O) groups is 2. The molecule has 1 aliphatic carbocycles. The Labute approximate surface area is 63.3 Å². The summed E-state index contributed by atoms with van der Waals surface area (Å²) in [5.41, 5.74) is 0.498. The van der Waals surface area contributed by atoms with Crippen LogP contribution in [0.2, 0.25) is 0 Å². The van der Waals surface area contributed by atoms with E-state index in [-0.39, 0.29) is 17.7 Å². The van der Waals surface area contributed by atoms with Gasteiger partial charge in [0.05, 0.1) is 6.61 Å². The molecular formula is C8H6O3. The maximum Gasteiger partial charge on any atom is 0.184 e. The highest BCUT2D eigenvalue weighted by Crippen LogP contribution is 2.22. The summed E-state index contributed by atoms with van der Waals surface area (Å²) >= 11 is 0. The van der Waals surface area contributed by atoms with Crippen LogP contribution < -0.4 is 0 Å². The molecule has 0 N–H and O–H groups in total. The van der Waals surface area contributed by atoms with Gasteiger partial charge in [0, 0.05) is 5.57 Å². The van der Waals surface area contributed by atoms with Crippen LogP contribution in [-0.2, 0) is 14.3 Å². The molecule has 0 saturated carbocycles. The first kappa shape index (κ1) is 6.49. The van der Waals surface area contributed by atoms with Crippen LogP contribution in [0.4, 0.5) is 0 Å². The Kier molecular flexibility index (Phi) is 1.26. The van der Waals surface area contributed by atoms with Crippen LogP contribution in [0.3, 0.4) is 0 Å². The number of ketones is 2. The summed E-state index contributed by atoms with van der Waals surface area (Å²) in [4.78, 5) is 21.8. The minimum absolute atomic E-state index is 0.105. The monoisotopic (exact) mass is 150 g/mol. The van der Waals surface area contributed by atoms with Gasteiger partial charge in [-0.05, 0) is 18.2 Å². The minimum Gasteiger partial charge on any atom is -0.368 e. The summed E-state index contributed by atoms with van der Waals surface area (Å²) in [7, 11) is 0. The van der Waals surface area contributed by atoms with Gasteiger partial charge < -0.3 is 4.74 Å². The second-order valence-electron chi connectivity index (χ2n) is 2.52. The lowest BCUT2D eigenvalue weighted by Crippen LogP contribution is -2.11. The predicted octanol–water partition coefficient (Wildman–Crippen LogP) is 0.0196. The van der Waals surface area contributed by atoms with Crippen molar-refractivity contribution in [2.45, 2.75) is 6.10 Å². The van der Waals surface area contributed by atoms with Gasteiger partial charge in [-0.15, -0.1) is 0 Å². The van der Waals surface area contributed by atoms with E-state index in [0.29, 0.717) is 12.2 Å². The van der Waals surface area contributed by atoms with Crippen molar-refractivity contribution in [1.29, 1.82) is 0 Å². The van der Waals surface area contributed by atoms with Crippen molar-refractivity contribution >= 4 is 11.6 Å². The van der Waals surface area contributed by atoms with Gasteiger partial charge in [0.2, 0.25) is 0 Å². The molecule has 2 rings (SSSR count). The van der Waals surface area contributed by atoms with E-state index in [1.54, 1.807) is 0 Å².